The highest BCUT2D eigenvalue weighted by molar-refractivity contribution is 6.30. The normalized spacial score (nSPS) is 29.4. The van der Waals surface area contributed by atoms with Gasteiger partial charge in [0.2, 0.25) is 0 Å². The SMILES string of the molecule is Cc1c(Cl)nc(C2CC2)nc1NC1(CO)CCCC(C)C1. The van der Waals surface area contributed by atoms with Gasteiger partial charge < -0.3 is 10.4 Å². The van der Waals surface area contributed by atoms with Gasteiger partial charge in [-0.25, -0.2) is 9.97 Å². The Kier molecular flexibility index (Phi) is 4.10. The highest BCUT2D eigenvalue weighted by Gasteiger charge is 2.36. The van der Waals surface area contributed by atoms with Gasteiger partial charge in [0.15, 0.2) is 0 Å². The van der Waals surface area contributed by atoms with Gasteiger partial charge >= 0.3 is 0 Å². The van der Waals surface area contributed by atoms with Gasteiger partial charge in [-0.2, -0.15) is 0 Å². The summed E-state index contributed by atoms with van der Waals surface area (Å²) in [5.41, 5.74) is 0.619. The first-order valence-corrected chi connectivity index (χ1v) is 8.34. The Labute approximate surface area is 131 Å². The smallest absolute Gasteiger partial charge is 0.137 e. The quantitative estimate of drug-likeness (QED) is 0.833. The van der Waals surface area contributed by atoms with Crippen molar-refractivity contribution in [2.75, 3.05) is 11.9 Å². The zero-order chi connectivity index (χ0) is 15.0. The van der Waals surface area contributed by atoms with Crippen molar-refractivity contribution < 1.29 is 5.11 Å². The summed E-state index contributed by atoms with van der Waals surface area (Å²) in [5.74, 6) is 2.75. The molecular formula is C16H24ClN3O. The van der Waals surface area contributed by atoms with E-state index in [1.807, 2.05) is 6.92 Å². The highest BCUT2D eigenvalue weighted by Crippen LogP contribution is 2.40. The molecule has 0 radical (unpaired) electrons. The summed E-state index contributed by atoms with van der Waals surface area (Å²) in [7, 11) is 0. The Bertz CT molecular complexity index is 532. The van der Waals surface area contributed by atoms with E-state index >= 15 is 0 Å². The zero-order valence-corrected chi connectivity index (χ0v) is 13.6. The minimum atomic E-state index is -0.263. The molecule has 2 aliphatic carbocycles. The van der Waals surface area contributed by atoms with Gasteiger partial charge in [-0.1, -0.05) is 31.4 Å². The molecule has 0 spiro atoms. The van der Waals surface area contributed by atoms with Crippen LogP contribution in [-0.2, 0) is 0 Å². The number of anilines is 1. The van der Waals surface area contributed by atoms with Gasteiger partial charge in [0.05, 0.1) is 12.1 Å². The number of halogens is 1. The van der Waals surface area contributed by atoms with Crippen molar-refractivity contribution in [1.82, 2.24) is 9.97 Å². The number of aliphatic hydroxyl groups excluding tert-OH is 1. The van der Waals surface area contributed by atoms with Crippen LogP contribution in [0.25, 0.3) is 0 Å². The minimum Gasteiger partial charge on any atom is -0.394 e. The molecule has 0 aromatic carbocycles. The van der Waals surface area contributed by atoms with Gasteiger partial charge in [-0.05, 0) is 38.5 Å². The number of aliphatic hydroxyl groups is 1. The first-order valence-electron chi connectivity index (χ1n) is 7.96. The summed E-state index contributed by atoms with van der Waals surface area (Å²) in [5, 5.41) is 14.0. The monoisotopic (exact) mass is 309 g/mol. The van der Waals surface area contributed by atoms with E-state index in [-0.39, 0.29) is 12.1 Å². The Hall–Kier alpha value is -0.870. The predicted octanol–water partition coefficient (Wildman–Crippen LogP) is 3.67. The summed E-state index contributed by atoms with van der Waals surface area (Å²) in [6.45, 7) is 4.33. The Balaban J connectivity index is 1.88. The minimum absolute atomic E-state index is 0.136. The molecule has 5 heteroatoms. The average Bonchev–Trinajstić information content (AvgIpc) is 3.28. The molecule has 0 aliphatic heterocycles. The largest absolute Gasteiger partial charge is 0.394 e. The van der Waals surface area contributed by atoms with Gasteiger partial charge in [-0.3, -0.25) is 0 Å². The van der Waals surface area contributed by atoms with E-state index in [1.54, 1.807) is 0 Å². The van der Waals surface area contributed by atoms with E-state index in [0.29, 0.717) is 17.0 Å². The maximum absolute atomic E-state index is 9.93. The second-order valence-corrected chi connectivity index (χ2v) is 7.24. The van der Waals surface area contributed by atoms with Crippen LogP contribution >= 0.6 is 11.6 Å². The fourth-order valence-corrected chi connectivity index (χ4v) is 3.54. The number of nitrogens with one attached hydrogen (secondary N) is 1. The number of hydrogen-bond donors (Lipinski definition) is 2. The molecule has 2 saturated carbocycles. The maximum atomic E-state index is 9.93. The first-order chi connectivity index (χ1) is 10.0. The molecule has 116 valence electrons. The van der Waals surface area contributed by atoms with Crippen molar-refractivity contribution in [2.24, 2.45) is 5.92 Å². The fourth-order valence-electron chi connectivity index (χ4n) is 3.36. The van der Waals surface area contributed by atoms with Crippen molar-refractivity contribution in [3.63, 3.8) is 0 Å². The third kappa shape index (κ3) is 3.16. The second-order valence-electron chi connectivity index (χ2n) is 6.89. The summed E-state index contributed by atoms with van der Waals surface area (Å²) < 4.78 is 0. The van der Waals surface area contributed by atoms with Crippen LogP contribution in [0.5, 0.6) is 0 Å². The lowest BCUT2D eigenvalue weighted by molar-refractivity contribution is 0.149. The van der Waals surface area contributed by atoms with E-state index in [0.717, 1.165) is 49.3 Å². The topological polar surface area (TPSA) is 58.0 Å². The van der Waals surface area contributed by atoms with E-state index < -0.39 is 0 Å². The predicted molar refractivity (Wildman–Crippen MR) is 84.8 cm³/mol. The van der Waals surface area contributed by atoms with Crippen molar-refractivity contribution in [3.05, 3.63) is 16.5 Å². The van der Waals surface area contributed by atoms with Gasteiger partial charge in [0, 0.05) is 11.5 Å². The molecule has 2 aliphatic rings. The number of nitrogens with zero attached hydrogens (tertiary/aromatic N) is 2. The van der Waals surface area contributed by atoms with Crippen molar-refractivity contribution in [1.29, 1.82) is 0 Å². The van der Waals surface area contributed by atoms with Crippen LogP contribution in [0.3, 0.4) is 0 Å². The fraction of sp³-hybridized carbons (Fsp3) is 0.750. The average molecular weight is 310 g/mol. The van der Waals surface area contributed by atoms with Crippen LogP contribution in [0.1, 0.15) is 62.8 Å². The molecule has 2 atom stereocenters. The van der Waals surface area contributed by atoms with Crippen LogP contribution < -0.4 is 5.32 Å². The molecule has 1 aromatic heterocycles. The van der Waals surface area contributed by atoms with Crippen molar-refractivity contribution >= 4 is 17.4 Å². The van der Waals surface area contributed by atoms with Crippen LogP contribution in [0, 0.1) is 12.8 Å². The van der Waals surface area contributed by atoms with Crippen LogP contribution in [-0.4, -0.2) is 27.2 Å². The van der Waals surface area contributed by atoms with Crippen LogP contribution in [0.4, 0.5) is 5.82 Å². The Morgan fingerprint density at radius 3 is 2.71 bits per heavy atom. The highest BCUT2D eigenvalue weighted by atomic mass is 35.5. The lowest BCUT2D eigenvalue weighted by Gasteiger charge is -2.40. The van der Waals surface area contributed by atoms with Crippen LogP contribution in [0.15, 0.2) is 0 Å². The molecule has 3 rings (SSSR count). The van der Waals surface area contributed by atoms with Gasteiger partial charge in [0.1, 0.15) is 16.8 Å². The maximum Gasteiger partial charge on any atom is 0.137 e. The Morgan fingerprint density at radius 1 is 1.33 bits per heavy atom. The zero-order valence-electron chi connectivity index (χ0n) is 12.8. The summed E-state index contributed by atoms with van der Waals surface area (Å²) in [4.78, 5) is 9.09. The number of hydrogen-bond acceptors (Lipinski definition) is 4. The molecule has 0 saturated heterocycles. The summed E-state index contributed by atoms with van der Waals surface area (Å²) in [6.07, 6.45) is 6.64. The van der Waals surface area contributed by atoms with Crippen molar-refractivity contribution in [3.8, 4) is 0 Å². The molecule has 0 bridgehead atoms. The standard InChI is InChI=1S/C16H24ClN3O/c1-10-4-3-7-16(8-10,9-21)20-14-11(2)13(17)18-15(19-14)12-5-6-12/h10,12,21H,3-9H2,1-2H3,(H,18,19,20). The molecule has 4 nitrogen and oxygen atoms in total. The molecule has 2 unspecified atom stereocenters. The lowest BCUT2D eigenvalue weighted by atomic mass is 9.77. The number of rotatable bonds is 4. The second kappa shape index (κ2) is 5.73. The molecule has 1 aromatic rings. The molecule has 2 N–H and O–H groups in total. The first kappa shape index (κ1) is 15.0. The van der Waals surface area contributed by atoms with Crippen LogP contribution in [0.2, 0.25) is 5.15 Å². The molecule has 21 heavy (non-hydrogen) atoms. The third-order valence-electron chi connectivity index (χ3n) is 4.82. The van der Waals surface area contributed by atoms with E-state index in [2.05, 4.69) is 22.2 Å². The van der Waals surface area contributed by atoms with E-state index in [1.165, 1.54) is 6.42 Å². The van der Waals surface area contributed by atoms with E-state index in [9.17, 15) is 5.11 Å². The third-order valence-corrected chi connectivity index (χ3v) is 5.19. The van der Waals surface area contributed by atoms with Gasteiger partial charge in [0.25, 0.3) is 0 Å². The summed E-state index contributed by atoms with van der Waals surface area (Å²) >= 11 is 6.27. The summed E-state index contributed by atoms with van der Waals surface area (Å²) in [6, 6.07) is 0. The molecule has 2 fully saturated rings. The molecule has 0 amide bonds. The van der Waals surface area contributed by atoms with E-state index in [4.69, 9.17) is 11.6 Å². The molecule has 1 heterocycles. The number of aromatic nitrogens is 2. The Morgan fingerprint density at radius 2 is 2.10 bits per heavy atom. The lowest BCUT2D eigenvalue weighted by Crippen LogP contribution is -2.46. The van der Waals surface area contributed by atoms with Crippen molar-refractivity contribution in [2.45, 2.75) is 63.8 Å². The molecular weight excluding hydrogens is 286 g/mol. The van der Waals surface area contributed by atoms with Gasteiger partial charge in [-0.15, -0.1) is 0 Å².